The highest BCUT2D eigenvalue weighted by Gasteiger charge is 2.18. The first kappa shape index (κ1) is 20.0. The van der Waals surface area contributed by atoms with Crippen molar-refractivity contribution in [1.82, 2.24) is 15.3 Å². The maximum atomic E-state index is 14.2. The number of amidine groups is 1. The molecule has 0 aliphatic heterocycles. The number of hydrogen-bond donors (Lipinski definition) is 3. The Hall–Kier alpha value is -2.77. The molecule has 6 nitrogen and oxygen atoms in total. The number of hydrogen-bond acceptors (Lipinski definition) is 4. The van der Waals surface area contributed by atoms with Crippen LogP contribution < -0.4 is 5.32 Å². The summed E-state index contributed by atoms with van der Waals surface area (Å²) in [5.74, 6) is -0.359. The van der Waals surface area contributed by atoms with Crippen LogP contribution >= 0.6 is 23.2 Å². The summed E-state index contributed by atoms with van der Waals surface area (Å²) in [6.07, 6.45) is 0.234. The van der Waals surface area contributed by atoms with Crippen molar-refractivity contribution >= 4 is 51.7 Å². The molecule has 0 saturated carbocycles. The van der Waals surface area contributed by atoms with Crippen LogP contribution in [0.2, 0.25) is 10.0 Å². The first-order valence-corrected chi connectivity index (χ1v) is 9.00. The van der Waals surface area contributed by atoms with E-state index in [-0.39, 0.29) is 33.4 Å². The fourth-order valence-corrected chi connectivity index (χ4v) is 3.20. The quantitative estimate of drug-likeness (QED) is 0.415. The summed E-state index contributed by atoms with van der Waals surface area (Å²) in [5.41, 5.74) is 1.63. The maximum Gasteiger partial charge on any atom is 0.256 e. The molecular formula is C19H16Cl2FN5O. The van der Waals surface area contributed by atoms with E-state index in [4.69, 9.17) is 28.6 Å². The third-order valence-corrected chi connectivity index (χ3v) is 4.57. The number of imidazole rings is 1. The van der Waals surface area contributed by atoms with Crippen LogP contribution in [0.1, 0.15) is 23.7 Å². The van der Waals surface area contributed by atoms with Crippen molar-refractivity contribution in [3.05, 3.63) is 51.8 Å². The number of H-pyrrole nitrogens is 1. The van der Waals surface area contributed by atoms with Crippen LogP contribution in [0.15, 0.2) is 35.3 Å². The van der Waals surface area contributed by atoms with Crippen LogP contribution in [0.25, 0.3) is 22.4 Å². The van der Waals surface area contributed by atoms with Crippen LogP contribution in [-0.4, -0.2) is 34.5 Å². The Morgan fingerprint density at radius 1 is 1.32 bits per heavy atom. The Labute approximate surface area is 170 Å². The lowest BCUT2D eigenvalue weighted by Gasteiger charge is -2.08. The lowest BCUT2D eigenvalue weighted by molar-refractivity contribution is 0.0976. The molecule has 0 aliphatic carbocycles. The number of nitrogens with zero attached hydrogens (tertiary/aromatic N) is 2. The molecule has 0 saturated heterocycles. The molecule has 3 N–H and O–H groups in total. The molecule has 144 valence electrons. The number of aromatic nitrogens is 2. The number of aromatic amines is 1. The molecule has 0 atom stereocenters. The number of amides is 1. The zero-order valence-corrected chi connectivity index (χ0v) is 16.5. The smallest absolute Gasteiger partial charge is 0.256 e. The van der Waals surface area contributed by atoms with Gasteiger partial charge in [-0.1, -0.05) is 29.3 Å². The Balaban J connectivity index is 1.99. The van der Waals surface area contributed by atoms with E-state index in [0.29, 0.717) is 22.6 Å². The molecule has 2 aromatic carbocycles. The Morgan fingerprint density at radius 2 is 2.07 bits per heavy atom. The highest BCUT2D eigenvalue weighted by Crippen LogP contribution is 2.32. The van der Waals surface area contributed by atoms with Crippen molar-refractivity contribution in [2.45, 2.75) is 13.3 Å². The minimum Gasteiger partial charge on any atom is -0.338 e. The topological polar surface area (TPSA) is 94.0 Å². The average Bonchev–Trinajstić information content (AvgIpc) is 3.04. The van der Waals surface area contributed by atoms with Crippen LogP contribution in [0.4, 0.5) is 4.39 Å². The highest BCUT2D eigenvalue weighted by molar-refractivity contribution is 6.36. The van der Waals surface area contributed by atoms with Gasteiger partial charge in [-0.15, -0.1) is 0 Å². The number of nitrogens with one attached hydrogen (secondary N) is 3. The number of aliphatic imine (C=N–C) groups is 1. The SMILES string of the molecule is CN=C(CC(C)=N)NC(=O)c1cc(Cl)c2nc(-c3c(F)cccc3Cl)[nH]c2c1. The largest absolute Gasteiger partial charge is 0.338 e. The van der Waals surface area contributed by atoms with E-state index in [1.807, 2.05) is 0 Å². The van der Waals surface area contributed by atoms with Crippen molar-refractivity contribution in [1.29, 1.82) is 5.41 Å². The fourth-order valence-electron chi connectivity index (χ4n) is 2.68. The summed E-state index contributed by atoms with van der Waals surface area (Å²) < 4.78 is 14.2. The molecule has 0 unspecified atom stereocenters. The van der Waals surface area contributed by atoms with Crippen LogP contribution in [0.3, 0.4) is 0 Å². The van der Waals surface area contributed by atoms with E-state index in [9.17, 15) is 9.18 Å². The summed E-state index contributed by atoms with van der Waals surface area (Å²) in [6.45, 7) is 1.63. The molecule has 1 heterocycles. The van der Waals surface area contributed by atoms with Gasteiger partial charge in [-0.25, -0.2) is 9.37 Å². The van der Waals surface area contributed by atoms with Gasteiger partial charge in [0.25, 0.3) is 5.91 Å². The predicted octanol–water partition coefficient (Wildman–Crippen LogP) is 4.86. The molecule has 28 heavy (non-hydrogen) atoms. The first-order chi connectivity index (χ1) is 13.3. The van der Waals surface area contributed by atoms with Gasteiger partial charge in [-0.3, -0.25) is 9.79 Å². The van der Waals surface area contributed by atoms with Gasteiger partial charge in [0.1, 0.15) is 23.0 Å². The molecule has 1 aromatic heterocycles. The molecule has 0 aliphatic rings. The number of fused-ring (bicyclic) bond motifs is 1. The Morgan fingerprint density at radius 3 is 2.71 bits per heavy atom. The van der Waals surface area contributed by atoms with E-state index < -0.39 is 11.7 Å². The van der Waals surface area contributed by atoms with Crippen molar-refractivity contribution in [2.24, 2.45) is 4.99 Å². The second-order valence-corrected chi connectivity index (χ2v) is 6.93. The van der Waals surface area contributed by atoms with Gasteiger partial charge < -0.3 is 15.7 Å². The standard InChI is InChI=1S/C19H16Cl2FN5O/c1-9(23)6-15(24-2)26-19(28)10-7-12(21)17-14(8-10)25-18(27-17)16-11(20)4-3-5-13(16)22/h3-5,7-8,23H,6H2,1-2H3,(H,25,27)(H,24,26,28). The van der Waals surface area contributed by atoms with Gasteiger partial charge in [-0.2, -0.15) is 0 Å². The normalized spacial score (nSPS) is 11.7. The Kier molecular flexibility index (Phi) is 5.76. The molecule has 9 heteroatoms. The summed E-state index contributed by atoms with van der Waals surface area (Å²) in [6, 6.07) is 7.38. The number of carbonyl (C=O) groups is 1. The van der Waals surface area contributed by atoms with E-state index in [2.05, 4.69) is 20.3 Å². The van der Waals surface area contributed by atoms with Crippen molar-refractivity contribution in [3.63, 3.8) is 0 Å². The lowest BCUT2D eigenvalue weighted by Crippen LogP contribution is -2.31. The van der Waals surface area contributed by atoms with Gasteiger partial charge in [0.05, 0.1) is 21.1 Å². The summed E-state index contributed by atoms with van der Waals surface area (Å²) in [7, 11) is 1.54. The molecule has 0 bridgehead atoms. The van der Waals surface area contributed by atoms with E-state index in [1.54, 1.807) is 19.1 Å². The van der Waals surface area contributed by atoms with Gasteiger partial charge in [-0.05, 0) is 31.2 Å². The number of rotatable bonds is 4. The zero-order valence-electron chi connectivity index (χ0n) is 15.0. The number of carbonyl (C=O) groups excluding carboxylic acids is 1. The van der Waals surface area contributed by atoms with E-state index in [1.165, 1.54) is 25.2 Å². The second kappa shape index (κ2) is 8.08. The number of benzene rings is 2. The van der Waals surface area contributed by atoms with Crippen LogP contribution in [-0.2, 0) is 0 Å². The molecule has 0 spiro atoms. The van der Waals surface area contributed by atoms with Crippen molar-refractivity contribution in [3.8, 4) is 11.4 Å². The first-order valence-electron chi connectivity index (χ1n) is 8.24. The fraction of sp³-hybridized carbons (Fsp3) is 0.158. The minimum absolute atomic E-state index is 0.129. The highest BCUT2D eigenvalue weighted by atomic mass is 35.5. The van der Waals surface area contributed by atoms with Gasteiger partial charge >= 0.3 is 0 Å². The average molecular weight is 420 g/mol. The predicted molar refractivity (Wildman–Crippen MR) is 110 cm³/mol. The van der Waals surface area contributed by atoms with Gasteiger partial charge in [0, 0.05) is 24.7 Å². The van der Waals surface area contributed by atoms with Crippen LogP contribution in [0, 0.1) is 11.2 Å². The van der Waals surface area contributed by atoms with Crippen LogP contribution in [0.5, 0.6) is 0 Å². The molecule has 3 rings (SSSR count). The molecule has 0 fully saturated rings. The van der Waals surface area contributed by atoms with Crippen molar-refractivity contribution < 1.29 is 9.18 Å². The second-order valence-electron chi connectivity index (χ2n) is 6.12. The monoisotopic (exact) mass is 419 g/mol. The third kappa shape index (κ3) is 4.05. The summed E-state index contributed by atoms with van der Waals surface area (Å²) in [5, 5.41) is 10.6. The lowest BCUT2D eigenvalue weighted by atomic mass is 10.1. The summed E-state index contributed by atoms with van der Waals surface area (Å²) in [4.78, 5) is 23.8. The van der Waals surface area contributed by atoms with E-state index in [0.717, 1.165) is 0 Å². The third-order valence-electron chi connectivity index (χ3n) is 3.96. The molecular weight excluding hydrogens is 404 g/mol. The van der Waals surface area contributed by atoms with E-state index >= 15 is 0 Å². The number of halogens is 3. The van der Waals surface area contributed by atoms with Crippen molar-refractivity contribution in [2.75, 3.05) is 7.05 Å². The maximum absolute atomic E-state index is 14.2. The zero-order chi connectivity index (χ0) is 20.4. The molecule has 3 aromatic rings. The Bertz CT molecular complexity index is 1100. The van der Waals surface area contributed by atoms with Gasteiger partial charge in [0.15, 0.2) is 0 Å². The minimum atomic E-state index is -0.522. The summed E-state index contributed by atoms with van der Waals surface area (Å²) >= 11 is 12.4. The van der Waals surface area contributed by atoms with Gasteiger partial charge in [0.2, 0.25) is 0 Å². The molecule has 0 radical (unpaired) electrons. The molecule has 1 amide bonds.